The summed E-state index contributed by atoms with van der Waals surface area (Å²) in [6, 6.07) is -0.665. The van der Waals surface area contributed by atoms with E-state index in [-0.39, 0.29) is 23.5 Å². The summed E-state index contributed by atoms with van der Waals surface area (Å²) < 4.78 is 0. The van der Waals surface area contributed by atoms with Crippen LogP contribution < -0.4 is 11.1 Å². The van der Waals surface area contributed by atoms with Crippen molar-refractivity contribution in [1.82, 2.24) is 5.32 Å². The highest BCUT2D eigenvalue weighted by Crippen LogP contribution is 2.49. The zero-order valence-electron chi connectivity index (χ0n) is 11.9. The Morgan fingerprint density at radius 3 is 2.70 bits per heavy atom. The van der Waals surface area contributed by atoms with E-state index in [0.717, 1.165) is 11.8 Å². The molecule has 0 aromatic carbocycles. The number of carbonyl (C=O) groups is 2. The topological polar surface area (TPSA) is 92.4 Å². The number of carboxylic acid groups (broad SMARTS) is 1. The second-order valence-electron chi connectivity index (χ2n) is 6.15. The molecule has 6 heteroatoms. The van der Waals surface area contributed by atoms with Crippen molar-refractivity contribution in [3.8, 4) is 0 Å². The predicted octanol–water partition coefficient (Wildman–Crippen LogP) is 1.07. The molecule has 4 unspecified atom stereocenters. The van der Waals surface area contributed by atoms with E-state index in [1.807, 2.05) is 0 Å². The number of thioether (sulfide) groups is 1. The average molecular weight is 300 g/mol. The molecule has 20 heavy (non-hydrogen) atoms. The predicted molar refractivity (Wildman–Crippen MR) is 79.5 cm³/mol. The van der Waals surface area contributed by atoms with Gasteiger partial charge in [-0.3, -0.25) is 9.59 Å². The fourth-order valence-corrected chi connectivity index (χ4v) is 4.44. The van der Waals surface area contributed by atoms with Gasteiger partial charge in [-0.05, 0) is 43.9 Å². The highest BCUT2D eigenvalue weighted by atomic mass is 32.2. The molecule has 2 aliphatic carbocycles. The second kappa shape index (κ2) is 6.80. The summed E-state index contributed by atoms with van der Waals surface area (Å²) in [5.74, 6) is 1.83. The summed E-state index contributed by atoms with van der Waals surface area (Å²) in [5, 5.41) is 11.7. The molecule has 2 bridgehead atoms. The molecule has 1 amide bonds. The maximum Gasteiger partial charge on any atom is 0.321 e. The highest BCUT2D eigenvalue weighted by molar-refractivity contribution is 8.00. The van der Waals surface area contributed by atoms with E-state index in [9.17, 15) is 9.59 Å². The van der Waals surface area contributed by atoms with Crippen molar-refractivity contribution < 1.29 is 14.7 Å². The summed E-state index contributed by atoms with van der Waals surface area (Å²) >= 11 is 1.28. The lowest BCUT2D eigenvalue weighted by molar-refractivity contribution is -0.138. The van der Waals surface area contributed by atoms with Gasteiger partial charge in [-0.1, -0.05) is 6.42 Å². The van der Waals surface area contributed by atoms with Crippen molar-refractivity contribution in [2.24, 2.45) is 23.5 Å². The minimum atomic E-state index is -1.02. The van der Waals surface area contributed by atoms with Crippen LogP contribution in [0.3, 0.4) is 0 Å². The molecule has 0 spiro atoms. The van der Waals surface area contributed by atoms with Crippen LogP contribution in [0.15, 0.2) is 0 Å². The first-order chi connectivity index (χ1) is 9.47. The first-order valence-electron chi connectivity index (χ1n) is 7.33. The molecule has 0 saturated heterocycles. The Kier molecular flexibility index (Phi) is 5.32. The van der Waals surface area contributed by atoms with Crippen molar-refractivity contribution in [3.63, 3.8) is 0 Å². The van der Waals surface area contributed by atoms with Gasteiger partial charge >= 0.3 is 5.97 Å². The van der Waals surface area contributed by atoms with Gasteiger partial charge in [0.2, 0.25) is 5.91 Å². The van der Waals surface area contributed by atoms with Gasteiger partial charge in [0, 0.05) is 11.8 Å². The summed E-state index contributed by atoms with van der Waals surface area (Å²) in [5.41, 5.74) is 5.39. The Morgan fingerprint density at radius 1 is 1.40 bits per heavy atom. The van der Waals surface area contributed by atoms with Crippen LogP contribution in [-0.2, 0) is 9.59 Å². The summed E-state index contributed by atoms with van der Waals surface area (Å²) in [7, 11) is 0. The lowest BCUT2D eigenvalue weighted by atomic mass is 9.84. The number of hydrogen-bond donors (Lipinski definition) is 3. The van der Waals surface area contributed by atoms with Crippen LogP contribution in [0, 0.1) is 17.8 Å². The number of nitrogens with one attached hydrogen (secondary N) is 1. The van der Waals surface area contributed by atoms with E-state index < -0.39 is 12.0 Å². The molecule has 0 aromatic heterocycles. The molecule has 0 radical (unpaired) electrons. The number of rotatable bonds is 7. The molecule has 2 rings (SSSR count). The van der Waals surface area contributed by atoms with Gasteiger partial charge in [-0.2, -0.15) is 0 Å². The maximum atomic E-state index is 11.8. The van der Waals surface area contributed by atoms with Crippen molar-refractivity contribution in [3.05, 3.63) is 0 Å². The maximum absolute atomic E-state index is 11.8. The fourth-order valence-electron chi connectivity index (χ4n) is 3.66. The van der Waals surface area contributed by atoms with Gasteiger partial charge in [0.1, 0.15) is 6.04 Å². The number of aliphatic carboxylic acids is 1. The number of carbonyl (C=O) groups excluding carboxylic acids is 1. The summed E-state index contributed by atoms with van der Waals surface area (Å²) in [6.45, 7) is 2.09. The van der Waals surface area contributed by atoms with Crippen molar-refractivity contribution >= 4 is 23.6 Å². The first kappa shape index (κ1) is 15.6. The fraction of sp³-hybridized carbons (Fsp3) is 0.857. The first-order valence-corrected chi connectivity index (χ1v) is 8.48. The van der Waals surface area contributed by atoms with Gasteiger partial charge < -0.3 is 16.2 Å². The van der Waals surface area contributed by atoms with Crippen LogP contribution in [0.5, 0.6) is 0 Å². The van der Waals surface area contributed by atoms with Crippen molar-refractivity contribution in [2.75, 3.05) is 11.5 Å². The van der Waals surface area contributed by atoms with Crippen molar-refractivity contribution in [1.29, 1.82) is 0 Å². The minimum Gasteiger partial charge on any atom is -0.480 e. The number of nitrogens with two attached hydrogens (primary N) is 1. The number of carboxylic acids is 1. The quantitative estimate of drug-likeness (QED) is 0.654. The Hall–Kier alpha value is -0.750. The smallest absolute Gasteiger partial charge is 0.321 e. The molecule has 5 nitrogen and oxygen atoms in total. The molecule has 2 fully saturated rings. The molecule has 4 N–H and O–H groups in total. The monoisotopic (exact) mass is 300 g/mol. The van der Waals surface area contributed by atoms with E-state index in [1.165, 1.54) is 37.4 Å². The Labute approximate surface area is 124 Å². The van der Waals surface area contributed by atoms with E-state index >= 15 is 0 Å². The van der Waals surface area contributed by atoms with E-state index in [1.54, 1.807) is 0 Å². The van der Waals surface area contributed by atoms with Gasteiger partial charge in [0.15, 0.2) is 0 Å². The normalized spacial score (nSPS) is 31.0. The second-order valence-corrected chi connectivity index (χ2v) is 7.19. The molecular formula is C14H24N2O3S. The summed E-state index contributed by atoms with van der Waals surface area (Å²) in [6.07, 6.45) is 5.28. The Bertz CT molecular complexity index is 377. The number of fused-ring (bicyclic) bond motifs is 2. The molecule has 0 heterocycles. The van der Waals surface area contributed by atoms with E-state index in [2.05, 4.69) is 12.2 Å². The molecule has 0 aromatic rings. The molecule has 2 saturated carbocycles. The highest BCUT2D eigenvalue weighted by Gasteiger charge is 2.42. The third-order valence-electron chi connectivity index (χ3n) is 4.67. The standard InChI is InChI=1S/C14H24N2O3S/c1-8(11-5-9-2-3-10(11)4-9)16-13(17)7-20-6-12(15)14(18)19/h8-12H,2-7,15H2,1H3,(H,16,17)(H,18,19)/t8?,9?,10?,11?,12-/m1/s1. The van der Waals surface area contributed by atoms with Crippen molar-refractivity contribution in [2.45, 2.75) is 44.7 Å². The largest absolute Gasteiger partial charge is 0.480 e. The third-order valence-corrected chi connectivity index (χ3v) is 5.73. The number of hydrogen-bond acceptors (Lipinski definition) is 4. The van der Waals surface area contributed by atoms with Crippen LogP contribution in [-0.4, -0.2) is 40.6 Å². The zero-order valence-corrected chi connectivity index (χ0v) is 12.7. The van der Waals surface area contributed by atoms with Crippen LogP contribution in [0.1, 0.15) is 32.6 Å². The lowest BCUT2D eigenvalue weighted by Crippen LogP contribution is -2.41. The summed E-state index contributed by atoms with van der Waals surface area (Å²) in [4.78, 5) is 22.4. The van der Waals surface area contributed by atoms with E-state index in [4.69, 9.17) is 10.8 Å². The Balaban J connectivity index is 1.65. The van der Waals surface area contributed by atoms with Crippen LogP contribution in [0.4, 0.5) is 0 Å². The Morgan fingerprint density at radius 2 is 2.15 bits per heavy atom. The van der Waals surface area contributed by atoms with E-state index in [0.29, 0.717) is 5.92 Å². The van der Waals surface area contributed by atoms with Crippen LogP contribution >= 0.6 is 11.8 Å². The minimum absolute atomic E-state index is 0.0112. The van der Waals surface area contributed by atoms with Crippen LogP contribution in [0.25, 0.3) is 0 Å². The molecular weight excluding hydrogens is 276 g/mol. The zero-order chi connectivity index (χ0) is 14.7. The lowest BCUT2D eigenvalue weighted by Gasteiger charge is -2.28. The van der Waals surface area contributed by atoms with Gasteiger partial charge in [-0.15, -0.1) is 11.8 Å². The molecule has 2 aliphatic rings. The third kappa shape index (κ3) is 3.88. The molecule has 0 aliphatic heterocycles. The molecule has 114 valence electrons. The van der Waals surface area contributed by atoms with Gasteiger partial charge in [0.05, 0.1) is 5.75 Å². The molecule has 5 atom stereocenters. The van der Waals surface area contributed by atoms with Gasteiger partial charge in [0.25, 0.3) is 0 Å². The van der Waals surface area contributed by atoms with Crippen LogP contribution in [0.2, 0.25) is 0 Å². The number of amides is 1. The van der Waals surface area contributed by atoms with Gasteiger partial charge in [-0.25, -0.2) is 0 Å². The average Bonchev–Trinajstić information content (AvgIpc) is 3.00. The SMILES string of the molecule is CC(NC(=O)CSC[C@@H](N)C(=O)O)C1CC2CCC1C2.